The lowest BCUT2D eigenvalue weighted by Gasteiger charge is -2.26. The molecule has 1 aromatic carbocycles. The van der Waals surface area contributed by atoms with Gasteiger partial charge in [0.05, 0.1) is 30.9 Å². The zero-order chi connectivity index (χ0) is 18.9. The van der Waals surface area contributed by atoms with Crippen molar-refractivity contribution in [3.05, 3.63) is 42.4 Å². The van der Waals surface area contributed by atoms with E-state index in [0.717, 1.165) is 0 Å². The predicted octanol–water partition coefficient (Wildman–Crippen LogP) is 1.64. The number of ether oxygens (including phenoxy) is 2. The molecule has 1 unspecified atom stereocenters. The van der Waals surface area contributed by atoms with Gasteiger partial charge in [-0.2, -0.15) is 0 Å². The molecule has 1 saturated heterocycles. The van der Waals surface area contributed by atoms with Gasteiger partial charge in [0.25, 0.3) is 0 Å². The summed E-state index contributed by atoms with van der Waals surface area (Å²) in [4.78, 5) is 14.4. The molecule has 1 fully saturated rings. The molecule has 0 radical (unpaired) electrons. The first-order valence-electron chi connectivity index (χ1n) is 8.65. The highest BCUT2D eigenvalue weighted by Crippen LogP contribution is 2.34. The average molecular weight is 392 g/mol. The zero-order valence-electron chi connectivity index (χ0n) is 14.6. The number of hydrogen-bond donors (Lipinski definition) is 1. The van der Waals surface area contributed by atoms with E-state index in [4.69, 9.17) is 13.9 Å². The van der Waals surface area contributed by atoms with Gasteiger partial charge in [-0.05, 0) is 30.7 Å². The summed E-state index contributed by atoms with van der Waals surface area (Å²) in [5, 5.41) is 2.83. The van der Waals surface area contributed by atoms with Crippen LogP contribution < -0.4 is 14.8 Å². The van der Waals surface area contributed by atoms with Gasteiger partial charge in [0.2, 0.25) is 12.7 Å². The summed E-state index contributed by atoms with van der Waals surface area (Å²) in [5.41, 5.74) is 0.598. The normalized spacial score (nSPS) is 20.1. The summed E-state index contributed by atoms with van der Waals surface area (Å²) in [7, 11) is -3.06. The highest BCUT2D eigenvalue weighted by molar-refractivity contribution is 7.91. The number of nitrogens with zero attached hydrogens (tertiary/aromatic N) is 1. The fourth-order valence-electron chi connectivity index (χ4n) is 3.34. The highest BCUT2D eigenvalue weighted by Gasteiger charge is 2.33. The van der Waals surface area contributed by atoms with Crippen LogP contribution in [-0.4, -0.2) is 50.1 Å². The Hall–Kier alpha value is -2.52. The van der Waals surface area contributed by atoms with Crippen LogP contribution in [0.1, 0.15) is 12.2 Å². The first-order valence-corrected chi connectivity index (χ1v) is 10.5. The third-order valence-corrected chi connectivity index (χ3v) is 6.42. The number of furan rings is 1. The van der Waals surface area contributed by atoms with Gasteiger partial charge in [0.15, 0.2) is 21.3 Å². The molecule has 0 bridgehead atoms. The maximum atomic E-state index is 12.6. The number of rotatable bonds is 6. The van der Waals surface area contributed by atoms with E-state index in [0.29, 0.717) is 35.9 Å². The van der Waals surface area contributed by atoms with Gasteiger partial charge >= 0.3 is 0 Å². The summed E-state index contributed by atoms with van der Waals surface area (Å²) in [6, 6.07) is 8.56. The third kappa shape index (κ3) is 4.25. The minimum Gasteiger partial charge on any atom is -0.468 e. The standard InChI is InChI=1S/C18H20N2O6S/c21-18(19-13-3-4-16-17(8-13)26-12-25-16)10-20(9-15-2-1-6-24-15)14-5-7-27(22,23)11-14/h1-4,6,8,14H,5,7,9-12H2,(H,19,21). The van der Waals surface area contributed by atoms with Gasteiger partial charge in [-0.1, -0.05) is 0 Å². The Bertz CT molecular complexity index is 925. The molecule has 1 atom stereocenters. The number of carbonyl (C=O) groups excluding carboxylic acids is 1. The molecule has 1 aromatic heterocycles. The Kier molecular flexibility index (Phi) is 4.79. The van der Waals surface area contributed by atoms with Crippen molar-refractivity contribution in [2.75, 3.05) is 30.2 Å². The van der Waals surface area contributed by atoms with Crippen LogP contribution in [0.3, 0.4) is 0 Å². The van der Waals surface area contributed by atoms with E-state index in [1.165, 1.54) is 0 Å². The Morgan fingerprint density at radius 3 is 2.81 bits per heavy atom. The smallest absolute Gasteiger partial charge is 0.238 e. The molecule has 27 heavy (non-hydrogen) atoms. The Labute approximate surface area is 157 Å². The molecule has 0 spiro atoms. The summed E-state index contributed by atoms with van der Waals surface area (Å²) < 4.78 is 39.7. The predicted molar refractivity (Wildman–Crippen MR) is 97.4 cm³/mol. The Morgan fingerprint density at radius 1 is 1.22 bits per heavy atom. The van der Waals surface area contributed by atoms with Gasteiger partial charge in [-0.15, -0.1) is 0 Å². The second kappa shape index (κ2) is 7.24. The third-order valence-electron chi connectivity index (χ3n) is 4.67. The number of anilines is 1. The van der Waals surface area contributed by atoms with Crippen molar-refractivity contribution in [2.45, 2.75) is 19.0 Å². The summed E-state index contributed by atoms with van der Waals surface area (Å²) >= 11 is 0. The van der Waals surface area contributed by atoms with Gasteiger partial charge in [-0.3, -0.25) is 9.69 Å². The van der Waals surface area contributed by atoms with E-state index in [1.54, 1.807) is 30.5 Å². The number of benzene rings is 1. The molecule has 9 heteroatoms. The fourth-order valence-corrected chi connectivity index (χ4v) is 5.10. The molecule has 1 amide bonds. The van der Waals surface area contributed by atoms with Crippen molar-refractivity contribution in [3.63, 3.8) is 0 Å². The minimum atomic E-state index is -3.06. The van der Waals surface area contributed by atoms with E-state index in [2.05, 4.69) is 5.32 Å². The van der Waals surface area contributed by atoms with Crippen molar-refractivity contribution in [1.29, 1.82) is 0 Å². The average Bonchev–Trinajstić information content (AvgIpc) is 3.34. The molecule has 0 saturated carbocycles. The number of hydrogen-bond acceptors (Lipinski definition) is 7. The monoisotopic (exact) mass is 392 g/mol. The second-order valence-corrected chi connectivity index (χ2v) is 8.89. The molecule has 2 aromatic rings. The molecule has 1 N–H and O–H groups in total. The Morgan fingerprint density at radius 2 is 2.07 bits per heavy atom. The molecular formula is C18H20N2O6S. The number of nitrogens with one attached hydrogen (secondary N) is 1. The zero-order valence-corrected chi connectivity index (χ0v) is 15.4. The van der Waals surface area contributed by atoms with E-state index in [1.807, 2.05) is 11.0 Å². The van der Waals surface area contributed by atoms with Gasteiger partial charge in [-0.25, -0.2) is 8.42 Å². The number of amides is 1. The van der Waals surface area contributed by atoms with Gasteiger partial charge in [0, 0.05) is 17.8 Å². The number of sulfone groups is 1. The molecule has 4 rings (SSSR count). The van der Waals surface area contributed by atoms with E-state index in [-0.39, 0.29) is 36.8 Å². The van der Waals surface area contributed by atoms with E-state index in [9.17, 15) is 13.2 Å². The maximum Gasteiger partial charge on any atom is 0.238 e. The fraction of sp³-hybridized carbons (Fsp3) is 0.389. The Balaban J connectivity index is 1.44. The lowest BCUT2D eigenvalue weighted by molar-refractivity contribution is -0.118. The molecule has 3 heterocycles. The molecule has 144 valence electrons. The molecule has 2 aliphatic heterocycles. The topological polar surface area (TPSA) is 98.1 Å². The van der Waals surface area contributed by atoms with Crippen molar-refractivity contribution < 1.29 is 27.1 Å². The van der Waals surface area contributed by atoms with Crippen molar-refractivity contribution in [2.24, 2.45) is 0 Å². The number of fused-ring (bicyclic) bond motifs is 1. The van der Waals surface area contributed by atoms with Crippen molar-refractivity contribution >= 4 is 21.4 Å². The first-order chi connectivity index (χ1) is 13.0. The summed E-state index contributed by atoms with van der Waals surface area (Å²) in [6.07, 6.45) is 2.08. The SMILES string of the molecule is O=C(CN(Cc1ccco1)C1CCS(=O)(=O)C1)Nc1ccc2c(c1)OCO2. The van der Waals surface area contributed by atoms with Crippen LogP contribution >= 0.6 is 0 Å². The van der Waals surface area contributed by atoms with Crippen LogP contribution in [0.15, 0.2) is 41.0 Å². The summed E-state index contributed by atoms with van der Waals surface area (Å²) in [6.45, 7) is 0.608. The van der Waals surface area contributed by atoms with Crippen molar-refractivity contribution in [3.8, 4) is 11.5 Å². The van der Waals surface area contributed by atoms with E-state index < -0.39 is 9.84 Å². The minimum absolute atomic E-state index is 0.0605. The van der Waals surface area contributed by atoms with Gasteiger partial charge < -0.3 is 19.2 Å². The van der Waals surface area contributed by atoms with Gasteiger partial charge in [0.1, 0.15) is 5.76 Å². The van der Waals surface area contributed by atoms with Crippen LogP contribution in [0.4, 0.5) is 5.69 Å². The largest absolute Gasteiger partial charge is 0.468 e. The lowest BCUT2D eigenvalue weighted by atomic mass is 10.2. The quantitative estimate of drug-likeness (QED) is 0.798. The maximum absolute atomic E-state index is 12.6. The van der Waals surface area contributed by atoms with Crippen LogP contribution in [0, 0.1) is 0 Å². The second-order valence-electron chi connectivity index (χ2n) is 6.66. The number of carbonyl (C=O) groups is 1. The van der Waals surface area contributed by atoms with Crippen LogP contribution in [0.5, 0.6) is 11.5 Å². The molecule has 0 aliphatic carbocycles. The molecular weight excluding hydrogens is 372 g/mol. The molecule has 2 aliphatic rings. The van der Waals surface area contributed by atoms with E-state index >= 15 is 0 Å². The molecule has 8 nitrogen and oxygen atoms in total. The van der Waals surface area contributed by atoms with Crippen LogP contribution in [-0.2, 0) is 21.2 Å². The van der Waals surface area contributed by atoms with Crippen LogP contribution in [0.2, 0.25) is 0 Å². The lowest BCUT2D eigenvalue weighted by Crippen LogP contribution is -2.41. The summed E-state index contributed by atoms with van der Waals surface area (Å²) in [5.74, 6) is 1.90. The highest BCUT2D eigenvalue weighted by atomic mass is 32.2. The van der Waals surface area contributed by atoms with Crippen molar-refractivity contribution in [1.82, 2.24) is 4.90 Å². The first kappa shape index (κ1) is 17.9. The van der Waals surface area contributed by atoms with Crippen LogP contribution in [0.25, 0.3) is 0 Å².